The van der Waals surface area contributed by atoms with E-state index >= 15 is 0 Å². The van der Waals surface area contributed by atoms with E-state index in [-0.39, 0.29) is 17.5 Å². The van der Waals surface area contributed by atoms with Crippen molar-refractivity contribution >= 4 is 17.5 Å². The summed E-state index contributed by atoms with van der Waals surface area (Å²) in [4.78, 5) is 31.3. The summed E-state index contributed by atoms with van der Waals surface area (Å²) < 4.78 is 11.4. The van der Waals surface area contributed by atoms with E-state index in [1.807, 2.05) is 31.2 Å². The number of hydrogen-bond donors (Lipinski definition) is 1. The molecule has 2 fully saturated rings. The van der Waals surface area contributed by atoms with Gasteiger partial charge in [0.15, 0.2) is 5.79 Å². The molecule has 7 nitrogen and oxygen atoms in total. The van der Waals surface area contributed by atoms with Crippen molar-refractivity contribution in [2.45, 2.75) is 25.6 Å². The SMILES string of the molecule is Cc1cccc(NC(=O)c2ccnc(C(=O)N3CCC4(CC3)OCCO4)c2)c1. The van der Waals surface area contributed by atoms with Gasteiger partial charge in [0, 0.05) is 43.4 Å². The number of ether oxygens (including phenoxy) is 2. The molecular formula is C21H23N3O4. The highest BCUT2D eigenvalue weighted by atomic mass is 16.7. The molecule has 2 aliphatic rings. The summed E-state index contributed by atoms with van der Waals surface area (Å²) >= 11 is 0. The highest BCUT2D eigenvalue weighted by Gasteiger charge is 2.41. The molecule has 0 unspecified atom stereocenters. The van der Waals surface area contributed by atoms with Gasteiger partial charge in [0.25, 0.3) is 11.8 Å². The maximum Gasteiger partial charge on any atom is 0.272 e. The molecule has 7 heteroatoms. The molecule has 1 spiro atoms. The van der Waals surface area contributed by atoms with Gasteiger partial charge in [-0.15, -0.1) is 0 Å². The molecule has 0 bridgehead atoms. The van der Waals surface area contributed by atoms with Crippen molar-refractivity contribution in [3.63, 3.8) is 0 Å². The van der Waals surface area contributed by atoms with Gasteiger partial charge in [-0.3, -0.25) is 14.6 Å². The number of nitrogens with one attached hydrogen (secondary N) is 1. The third kappa shape index (κ3) is 3.90. The average Bonchev–Trinajstić information content (AvgIpc) is 3.16. The quantitative estimate of drug-likeness (QED) is 0.884. The van der Waals surface area contributed by atoms with E-state index in [2.05, 4.69) is 10.3 Å². The fourth-order valence-electron chi connectivity index (χ4n) is 3.61. The van der Waals surface area contributed by atoms with Gasteiger partial charge >= 0.3 is 0 Å². The van der Waals surface area contributed by atoms with Crippen LogP contribution >= 0.6 is 0 Å². The molecule has 2 aromatic rings. The highest BCUT2D eigenvalue weighted by molar-refractivity contribution is 6.05. The van der Waals surface area contributed by atoms with Crippen molar-refractivity contribution in [2.75, 3.05) is 31.6 Å². The molecule has 4 rings (SSSR count). The third-order valence-corrected chi connectivity index (χ3v) is 5.14. The first-order chi connectivity index (χ1) is 13.5. The summed E-state index contributed by atoms with van der Waals surface area (Å²) in [5, 5.41) is 2.85. The van der Waals surface area contributed by atoms with Crippen LogP contribution in [-0.4, -0.2) is 53.8 Å². The van der Waals surface area contributed by atoms with Gasteiger partial charge in [0.05, 0.1) is 13.2 Å². The zero-order chi connectivity index (χ0) is 19.6. The number of pyridine rings is 1. The number of carbonyl (C=O) groups excluding carboxylic acids is 2. The highest BCUT2D eigenvalue weighted by Crippen LogP contribution is 2.31. The number of hydrogen-bond acceptors (Lipinski definition) is 5. The van der Waals surface area contributed by atoms with Crippen LogP contribution in [0.4, 0.5) is 5.69 Å². The lowest BCUT2D eigenvalue weighted by atomic mass is 10.0. The molecule has 0 saturated carbocycles. The van der Waals surface area contributed by atoms with Gasteiger partial charge in [-0.05, 0) is 36.8 Å². The zero-order valence-electron chi connectivity index (χ0n) is 15.8. The Bertz CT molecular complexity index is 883. The van der Waals surface area contributed by atoms with Crippen LogP contribution in [0.2, 0.25) is 0 Å². The van der Waals surface area contributed by atoms with E-state index < -0.39 is 5.79 Å². The van der Waals surface area contributed by atoms with Crippen LogP contribution in [0.15, 0.2) is 42.6 Å². The molecule has 2 saturated heterocycles. The Morgan fingerprint density at radius 2 is 1.86 bits per heavy atom. The molecule has 0 aliphatic carbocycles. The topological polar surface area (TPSA) is 80.8 Å². The van der Waals surface area contributed by atoms with Crippen molar-refractivity contribution in [1.82, 2.24) is 9.88 Å². The molecule has 1 aromatic heterocycles. The number of nitrogens with zero attached hydrogens (tertiary/aromatic N) is 2. The van der Waals surface area contributed by atoms with Crippen LogP contribution in [0.25, 0.3) is 0 Å². The summed E-state index contributed by atoms with van der Waals surface area (Å²) in [5.74, 6) is -0.981. The zero-order valence-corrected chi connectivity index (χ0v) is 15.8. The van der Waals surface area contributed by atoms with Crippen LogP contribution in [0, 0.1) is 6.92 Å². The van der Waals surface area contributed by atoms with Crippen molar-refractivity contribution in [3.05, 3.63) is 59.4 Å². The largest absolute Gasteiger partial charge is 0.347 e. The van der Waals surface area contributed by atoms with E-state index in [9.17, 15) is 9.59 Å². The first-order valence-electron chi connectivity index (χ1n) is 9.46. The van der Waals surface area contributed by atoms with Crippen LogP contribution in [0.3, 0.4) is 0 Å². The van der Waals surface area contributed by atoms with Gasteiger partial charge < -0.3 is 19.7 Å². The van der Waals surface area contributed by atoms with Gasteiger partial charge in [0.2, 0.25) is 0 Å². The number of amides is 2. The van der Waals surface area contributed by atoms with E-state index in [4.69, 9.17) is 9.47 Å². The monoisotopic (exact) mass is 381 g/mol. The molecular weight excluding hydrogens is 358 g/mol. The molecule has 2 amide bonds. The molecule has 1 aromatic carbocycles. The lowest BCUT2D eigenvalue weighted by Gasteiger charge is -2.37. The van der Waals surface area contributed by atoms with E-state index in [0.29, 0.717) is 50.4 Å². The fraction of sp³-hybridized carbons (Fsp3) is 0.381. The van der Waals surface area contributed by atoms with Crippen LogP contribution in [-0.2, 0) is 9.47 Å². The first-order valence-corrected chi connectivity index (χ1v) is 9.46. The van der Waals surface area contributed by atoms with E-state index in [1.165, 1.54) is 6.20 Å². The third-order valence-electron chi connectivity index (χ3n) is 5.14. The first kappa shape index (κ1) is 18.6. The Labute approximate surface area is 163 Å². The minimum atomic E-state index is -0.528. The number of rotatable bonds is 3. The van der Waals surface area contributed by atoms with Crippen molar-refractivity contribution < 1.29 is 19.1 Å². The molecule has 3 heterocycles. The normalized spacial score (nSPS) is 18.2. The molecule has 28 heavy (non-hydrogen) atoms. The predicted octanol–water partition coefficient (Wildman–Crippen LogP) is 2.62. The number of benzene rings is 1. The maximum atomic E-state index is 12.8. The van der Waals surface area contributed by atoms with E-state index in [0.717, 1.165) is 5.56 Å². The van der Waals surface area contributed by atoms with Gasteiger partial charge in [-0.25, -0.2) is 0 Å². The Kier molecular flexibility index (Phi) is 5.11. The number of anilines is 1. The Hall–Kier alpha value is -2.77. The van der Waals surface area contributed by atoms with E-state index in [1.54, 1.807) is 17.0 Å². The number of piperidine rings is 1. The fourth-order valence-corrected chi connectivity index (χ4v) is 3.61. The average molecular weight is 381 g/mol. The number of aromatic nitrogens is 1. The van der Waals surface area contributed by atoms with Crippen molar-refractivity contribution in [2.24, 2.45) is 0 Å². The summed E-state index contributed by atoms with van der Waals surface area (Å²) in [7, 11) is 0. The molecule has 0 atom stereocenters. The van der Waals surface area contributed by atoms with Crippen LogP contribution in [0.1, 0.15) is 39.3 Å². The van der Waals surface area contributed by atoms with Crippen LogP contribution < -0.4 is 5.32 Å². The summed E-state index contributed by atoms with van der Waals surface area (Å²) in [6, 6.07) is 10.7. The molecule has 1 N–H and O–H groups in total. The second-order valence-electron chi connectivity index (χ2n) is 7.15. The number of carbonyl (C=O) groups is 2. The lowest BCUT2D eigenvalue weighted by molar-refractivity contribution is -0.181. The van der Waals surface area contributed by atoms with Gasteiger partial charge in [0.1, 0.15) is 5.69 Å². The van der Waals surface area contributed by atoms with Gasteiger partial charge in [-0.2, -0.15) is 0 Å². The second-order valence-corrected chi connectivity index (χ2v) is 7.15. The Balaban J connectivity index is 1.43. The lowest BCUT2D eigenvalue weighted by Crippen LogP contribution is -2.47. The predicted molar refractivity (Wildman–Crippen MR) is 103 cm³/mol. The second kappa shape index (κ2) is 7.69. The molecule has 0 radical (unpaired) electrons. The molecule has 146 valence electrons. The van der Waals surface area contributed by atoms with Crippen molar-refractivity contribution in [1.29, 1.82) is 0 Å². The smallest absolute Gasteiger partial charge is 0.272 e. The molecule has 2 aliphatic heterocycles. The summed E-state index contributed by atoms with van der Waals surface area (Å²) in [6.07, 6.45) is 2.78. The van der Waals surface area contributed by atoms with Crippen molar-refractivity contribution in [3.8, 4) is 0 Å². The number of likely N-dealkylation sites (tertiary alicyclic amines) is 1. The Morgan fingerprint density at radius 3 is 2.57 bits per heavy atom. The standard InChI is InChI=1S/C21H23N3O4/c1-15-3-2-4-17(13-15)23-19(25)16-5-8-22-18(14-16)20(26)24-9-6-21(7-10-24)27-11-12-28-21/h2-5,8,13-14H,6-7,9-12H2,1H3,(H,23,25). The summed E-state index contributed by atoms with van der Waals surface area (Å²) in [5.41, 5.74) is 2.44. The number of aryl methyl sites for hydroxylation is 1. The van der Waals surface area contributed by atoms with Crippen LogP contribution in [0.5, 0.6) is 0 Å². The minimum Gasteiger partial charge on any atom is -0.347 e. The Morgan fingerprint density at radius 1 is 1.11 bits per heavy atom. The summed E-state index contributed by atoms with van der Waals surface area (Å²) in [6.45, 7) is 4.25. The minimum absolute atomic E-state index is 0.182. The maximum absolute atomic E-state index is 12.8. The van der Waals surface area contributed by atoms with Gasteiger partial charge in [-0.1, -0.05) is 12.1 Å².